The van der Waals surface area contributed by atoms with Gasteiger partial charge < -0.3 is 32.6 Å². The second-order valence-electron chi connectivity index (χ2n) is 10.0. The van der Waals surface area contributed by atoms with Crippen LogP contribution >= 0.6 is 0 Å². The summed E-state index contributed by atoms with van der Waals surface area (Å²) < 4.78 is 4.67. The van der Waals surface area contributed by atoms with Crippen LogP contribution in [-0.4, -0.2) is 48.5 Å². The number of Topliss-reactive ketones (excluding diaryl/α,β-unsaturated/α-hetero) is 1. The van der Waals surface area contributed by atoms with Crippen LogP contribution in [0.1, 0.15) is 47.9 Å². The molecular weight excluding hydrogens is 562 g/mol. The zero-order valence-electron chi connectivity index (χ0n) is 24.6. The molecule has 0 bridgehead atoms. The van der Waals surface area contributed by atoms with Gasteiger partial charge in [0, 0.05) is 19.6 Å². The van der Waals surface area contributed by atoms with E-state index >= 15 is 0 Å². The molecule has 0 aliphatic heterocycles. The van der Waals surface area contributed by atoms with Crippen molar-refractivity contribution in [3.63, 3.8) is 0 Å². The maximum absolute atomic E-state index is 14.3. The molecule has 3 aromatic carbocycles. The molecule has 0 aliphatic rings. The summed E-state index contributed by atoms with van der Waals surface area (Å²) in [4.78, 5) is 55.2. The number of ketones is 1. The lowest BCUT2D eigenvalue weighted by atomic mass is 9.76. The van der Waals surface area contributed by atoms with Crippen molar-refractivity contribution < 1.29 is 23.9 Å². The number of urea groups is 1. The van der Waals surface area contributed by atoms with E-state index in [2.05, 4.69) is 25.7 Å². The van der Waals surface area contributed by atoms with Gasteiger partial charge in [-0.25, -0.2) is 14.9 Å². The minimum atomic E-state index is -1.88. The molecule has 0 radical (unpaired) electrons. The summed E-state index contributed by atoms with van der Waals surface area (Å²) in [5.41, 5.74) is 18.7. The number of rotatable bonds is 14. The predicted molar refractivity (Wildman–Crippen MR) is 167 cm³/mol. The summed E-state index contributed by atoms with van der Waals surface area (Å²) in [6.07, 6.45) is -0.515. The summed E-state index contributed by atoms with van der Waals surface area (Å²) >= 11 is 0. The molecule has 12 heteroatoms. The highest BCUT2D eigenvalue weighted by molar-refractivity contribution is 6.13. The molecule has 9 N–H and O–H groups in total. The van der Waals surface area contributed by atoms with E-state index in [9.17, 15) is 19.2 Å². The second kappa shape index (κ2) is 16.4. The number of alkyl carbamates (subject to hydrolysis) is 1. The van der Waals surface area contributed by atoms with Crippen LogP contribution in [0.5, 0.6) is 0 Å². The zero-order valence-corrected chi connectivity index (χ0v) is 24.6. The highest BCUT2D eigenvalue weighted by Crippen LogP contribution is 2.31. The molecule has 3 rings (SSSR count). The average Bonchev–Trinajstić information content (AvgIpc) is 3.02. The number of hydrogen-bond donors (Lipinski definition) is 6. The first-order chi connectivity index (χ1) is 21.1. The minimum absolute atomic E-state index is 0.0169. The largest absolute Gasteiger partial charge is 0.450 e. The maximum atomic E-state index is 14.3. The molecule has 0 heterocycles. The van der Waals surface area contributed by atoms with Crippen LogP contribution < -0.4 is 33.2 Å². The van der Waals surface area contributed by atoms with Crippen molar-refractivity contribution in [1.82, 2.24) is 16.0 Å². The molecule has 44 heavy (non-hydrogen) atoms. The van der Waals surface area contributed by atoms with Crippen molar-refractivity contribution in [3.05, 3.63) is 107 Å². The predicted octanol–water partition coefficient (Wildman–Crippen LogP) is 2.41. The number of nitrogens with two attached hydrogens (primary N) is 3. The van der Waals surface area contributed by atoms with E-state index in [0.717, 1.165) is 22.3 Å². The third kappa shape index (κ3) is 9.66. The van der Waals surface area contributed by atoms with Gasteiger partial charge >= 0.3 is 12.1 Å². The number of benzene rings is 3. The highest BCUT2D eigenvalue weighted by Gasteiger charge is 2.45. The van der Waals surface area contributed by atoms with Gasteiger partial charge in [-0.3, -0.25) is 14.6 Å². The van der Waals surface area contributed by atoms with Crippen LogP contribution in [0, 0.1) is 0 Å². The number of nitrogens with one attached hydrogen (secondary N) is 3. The lowest BCUT2D eigenvalue weighted by Crippen LogP contribution is -2.61. The first kappa shape index (κ1) is 33.3. The van der Waals surface area contributed by atoms with Crippen LogP contribution in [0.4, 0.5) is 9.59 Å². The second-order valence-corrected chi connectivity index (χ2v) is 10.0. The first-order valence-corrected chi connectivity index (χ1v) is 14.2. The van der Waals surface area contributed by atoms with Gasteiger partial charge in [0.15, 0.2) is 17.3 Å². The Morgan fingerprint density at radius 1 is 0.818 bits per heavy atom. The molecule has 3 aromatic rings. The van der Waals surface area contributed by atoms with E-state index in [0.29, 0.717) is 6.42 Å². The molecule has 0 saturated heterocycles. The summed E-state index contributed by atoms with van der Waals surface area (Å²) in [6.45, 7) is 2.26. The number of amides is 4. The Hall–Kier alpha value is -5.23. The SMILES string of the molecule is CCOC(=O)NC(=O)NCc1ccc(CNC(=O)[C@@](N)(CCCN=C(N)N)C(=O)C(c2ccccc2)c2ccccc2)cc1. The Bertz CT molecular complexity index is 1390. The molecule has 0 aromatic heterocycles. The van der Waals surface area contributed by atoms with E-state index in [-0.39, 0.29) is 38.6 Å². The van der Waals surface area contributed by atoms with E-state index in [1.807, 2.05) is 60.7 Å². The van der Waals surface area contributed by atoms with Crippen LogP contribution in [0.3, 0.4) is 0 Å². The van der Waals surface area contributed by atoms with E-state index in [1.54, 1.807) is 31.2 Å². The van der Waals surface area contributed by atoms with Crippen molar-refractivity contribution in [3.8, 4) is 0 Å². The summed E-state index contributed by atoms with van der Waals surface area (Å²) in [5.74, 6) is -1.93. The van der Waals surface area contributed by atoms with Crippen LogP contribution in [0.15, 0.2) is 89.9 Å². The molecule has 12 nitrogen and oxygen atoms in total. The van der Waals surface area contributed by atoms with Gasteiger partial charge in [-0.2, -0.15) is 0 Å². The monoisotopic (exact) mass is 601 g/mol. The molecule has 232 valence electrons. The molecule has 0 fully saturated rings. The maximum Gasteiger partial charge on any atom is 0.415 e. The fraction of sp³-hybridized carbons (Fsp3) is 0.281. The van der Waals surface area contributed by atoms with Gasteiger partial charge in [-0.15, -0.1) is 0 Å². The number of aliphatic imine (C=N–C) groups is 1. The number of guanidine groups is 1. The standard InChI is InChI=1S/C32H39N7O5/c1-2-44-31(43)39-30(42)38-21-23-16-14-22(15-17-23)20-37-28(41)32(35,18-9-19-36-29(33)34)27(40)26(24-10-5-3-6-11-24)25-12-7-4-8-13-25/h3-8,10-17,26H,2,9,18-21,35H2,1H3,(H,37,41)(H4,33,34,36)(H2,38,39,42,43)/t32-/m1/s1. The van der Waals surface area contributed by atoms with Crippen LogP contribution in [0.2, 0.25) is 0 Å². The summed E-state index contributed by atoms with van der Waals surface area (Å²) in [7, 11) is 0. The molecule has 0 spiro atoms. The quantitative estimate of drug-likeness (QED) is 0.0699. The van der Waals surface area contributed by atoms with Gasteiger partial charge in [-0.05, 0) is 42.0 Å². The molecule has 0 saturated carbocycles. The summed E-state index contributed by atoms with van der Waals surface area (Å²) in [5, 5.41) is 7.44. The van der Waals surface area contributed by atoms with Crippen molar-refractivity contribution in [2.45, 2.75) is 44.3 Å². The number of carbonyl (C=O) groups is 4. The Morgan fingerprint density at radius 2 is 1.34 bits per heavy atom. The Kier molecular flexibility index (Phi) is 12.4. The van der Waals surface area contributed by atoms with Crippen LogP contribution in [0.25, 0.3) is 0 Å². The normalized spacial score (nSPS) is 12.0. The van der Waals surface area contributed by atoms with Gasteiger partial charge in [0.1, 0.15) is 0 Å². The fourth-order valence-corrected chi connectivity index (χ4v) is 4.56. The number of hydrogen-bond acceptors (Lipinski definition) is 7. The Balaban J connectivity index is 1.75. The van der Waals surface area contributed by atoms with Crippen molar-refractivity contribution in [1.29, 1.82) is 0 Å². The van der Waals surface area contributed by atoms with E-state index < -0.39 is 35.3 Å². The average molecular weight is 602 g/mol. The van der Waals surface area contributed by atoms with Crippen molar-refractivity contribution in [2.24, 2.45) is 22.2 Å². The van der Waals surface area contributed by atoms with Crippen molar-refractivity contribution >= 4 is 29.8 Å². The molecule has 0 unspecified atom stereocenters. The Labute approximate surface area is 256 Å². The molecular formula is C32H39N7O5. The molecule has 4 amide bonds. The van der Waals surface area contributed by atoms with Gasteiger partial charge in [0.25, 0.3) is 0 Å². The van der Waals surface area contributed by atoms with Gasteiger partial charge in [-0.1, -0.05) is 84.9 Å². The first-order valence-electron chi connectivity index (χ1n) is 14.2. The van der Waals surface area contributed by atoms with Crippen LogP contribution in [-0.2, 0) is 27.4 Å². The lowest BCUT2D eigenvalue weighted by Gasteiger charge is -2.31. The van der Waals surface area contributed by atoms with Gasteiger partial charge in [0.2, 0.25) is 5.91 Å². The highest BCUT2D eigenvalue weighted by atomic mass is 16.5. The number of imide groups is 1. The van der Waals surface area contributed by atoms with Crippen molar-refractivity contribution in [2.75, 3.05) is 13.2 Å². The number of nitrogens with zero attached hydrogens (tertiary/aromatic N) is 1. The Morgan fingerprint density at radius 3 is 1.84 bits per heavy atom. The smallest absolute Gasteiger partial charge is 0.415 e. The topological polar surface area (TPSA) is 204 Å². The third-order valence-electron chi connectivity index (χ3n) is 6.82. The molecule has 1 atom stereocenters. The fourth-order valence-electron chi connectivity index (χ4n) is 4.56. The van der Waals surface area contributed by atoms with E-state index in [4.69, 9.17) is 17.2 Å². The van der Waals surface area contributed by atoms with Gasteiger partial charge in [0.05, 0.1) is 12.5 Å². The number of ether oxygens (including phenoxy) is 1. The number of carbonyl (C=O) groups excluding carboxylic acids is 4. The molecule has 0 aliphatic carbocycles. The third-order valence-corrected chi connectivity index (χ3v) is 6.82. The lowest BCUT2D eigenvalue weighted by molar-refractivity contribution is -0.136. The minimum Gasteiger partial charge on any atom is -0.450 e. The van der Waals surface area contributed by atoms with E-state index in [1.165, 1.54) is 0 Å². The zero-order chi connectivity index (χ0) is 32.0. The summed E-state index contributed by atoms with van der Waals surface area (Å²) in [6, 6.07) is 24.8.